The maximum atomic E-state index is 12.2. The Kier molecular flexibility index (Phi) is 5.03. The molecule has 1 aromatic heterocycles. The molecule has 0 bridgehead atoms. The predicted molar refractivity (Wildman–Crippen MR) is 126 cm³/mol. The van der Waals surface area contributed by atoms with Crippen LogP contribution in [-0.4, -0.2) is 45.6 Å². The third-order valence-corrected chi connectivity index (χ3v) is 7.36. The van der Waals surface area contributed by atoms with Gasteiger partial charge < -0.3 is 14.0 Å². The molecule has 174 valence electrons. The molecule has 3 aromatic rings. The molecule has 0 aliphatic carbocycles. The van der Waals surface area contributed by atoms with Gasteiger partial charge in [-0.05, 0) is 55.2 Å². The molecule has 4 heterocycles. The minimum atomic E-state index is -0.232. The highest BCUT2D eigenvalue weighted by Gasteiger charge is 2.26. The minimum absolute atomic E-state index is 0.0921. The molecule has 0 fully saturated rings. The average Bonchev–Trinajstić information content (AvgIpc) is 3.42. The summed E-state index contributed by atoms with van der Waals surface area (Å²) in [5.41, 5.74) is 8.11. The van der Waals surface area contributed by atoms with Crippen molar-refractivity contribution in [2.24, 2.45) is 0 Å². The molecule has 2 aromatic carbocycles. The highest BCUT2D eigenvalue weighted by Crippen LogP contribution is 2.30. The van der Waals surface area contributed by atoms with E-state index >= 15 is 0 Å². The summed E-state index contributed by atoms with van der Waals surface area (Å²) in [6.07, 6.45) is 3.53. The summed E-state index contributed by atoms with van der Waals surface area (Å²) < 4.78 is 12.8. The van der Waals surface area contributed by atoms with Crippen LogP contribution >= 0.6 is 0 Å². The van der Waals surface area contributed by atoms with Gasteiger partial charge in [0.25, 0.3) is 0 Å². The maximum Gasteiger partial charge on any atom is 0.338 e. The number of fused-ring (bicyclic) bond motifs is 3. The van der Waals surface area contributed by atoms with Gasteiger partial charge in [-0.25, -0.2) is 14.6 Å². The first-order valence-electron chi connectivity index (χ1n) is 11.9. The molecule has 0 spiro atoms. The van der Waals surface area contributed by atoms with Gasteiger partial charge in [-0.15, -0.1) is 0 Å². The number of carbonyl (C=O) groups excluding carboxylic acids is 2. The summed E-state index contributed by atoms with van der Waals surface area (Å²) >= 11 is 0. The fourth-order valence-corrected chi connectivity index (χ4v) is 5.40. The Labute approximate surface area is 198 Å². The normalized spacial score (nSPS) is 19.3. The summed E-state index contributed by atoms with van der Waals surface area (Å²) in [5.74, 6) is 0.622. The van der Waals surface area contributed by atoms with Gasteiger partial charge in [-0.3, -0.25) is 4.90 Å². The Morgan fingerprint density at radius 3 is 2.82 bits per heavy atom. The summed E-state index contributed by atoms with van der Waals surface area (Å²) in [7, 11) is 0. The van der Waals surface area contributed by atoms with Crippen molar-refractivity contribution in [2.75, 3.05) is 13.1 Å². The lowest BCUT2D eigenvalue weighted by Gasteiger charge is -2.29. The quantitative estimate of drug-likeness (QED) is 0.557. The molecule has 0 saturated heterocycles. The molecule has 6 rings (SSSR count). The van der Waals surface area contributed by atoms with Crippen molar-refractivity contribution >= 4 is 11.9 Å². The standard InChI is InChI=1S/C27H27N3O4/c1-16-11-20-12-19(4-5-21(20)27(32)34-16)24-13-28-25-14-29(9-10-30(24)25)8-7-18-3-6-22-23(17(18)2)15-33-26(22)31/h3-6,12-13,16H,7-11,14-15H2,1-2H3/t16-/m0/s1. The molecule has 0 radical (unpaired) electrons. The second-order valence-electron chi connectivity index (χ2n) is 9.48. The second-order valence-corrected chi connectivity index (χ2v) is 9.48. The first-order valence-corrected chi connectivity index (χ1v) is 11.9. The smallest absolute Gasteiger partial charge is 0.338 e. The van der Waals surface area contributed by atoms with Crippen molar-refractivity contribution in [1.29, 1.82) is 0 Å². The fraction of sp³-hybridized carbons (Fsp3) is 0.370. The van der Waals surface area contributed by atoms with E-state index in [0.717, 1.165) is 67.2 Å². The number of hydrogen-bond acceptors (Lipinski definition) is 6. The topological polar surface area (TPSA) is 73.7 Å². The molecule has 3 aliphatic rings. The van der Waals surface area contributed by atoms with E-state index in [2.05, 4.69) is 28.5 Å². The zero-order valence-corrected chi connectivity index (χ0v) is 19.5. The molecule has 7 nitrogen and oxygen atoms in total. The van der Waals surface area contributed by atoms with Gasteiger partial charge in [-0.1, -0.05) is 12.1 Å². The summed E-state index contributed by atoms with van der Waals surface area (Å²) in [6, 6.07) is 9.97. The van der Waals surface area contributed by atoms with Crippen LogP contribution in [0.4, 0.5) is 0 Å². The highest BCUT2D eigenvalue weighted by molar-refractivity contribution is 5.94. The van der Waals surface area contributed by atoms with Crippen molar-refractivity contribution in [3.63, 3.8) is 0 Å². The van der Waals surface area contributed by atoms with Crippen molar-refractivity contribution in [2.45, 2.75) is 52.5 Å². The number of benzene rings is 2. The lowest BCUT2D eigenvalue weighted by Crippen LogP contribution is -2.35. The number of rotatable bonds is 4. The van der Waals surface area contributed by atoms with E-state index in [0.29, 0.717) is 17.7 Å². The van der Waals surface area contributed by atoms with E-state index in [1.165, 1.54) is 11.1 Å². The van der Waals surface area contributed by atoms with Crippen LogP contribution in [0.3, 0.4) is 0 Å². The number of hydrogen-bond donors (Lipinski definition) is 0. The number of nitrogens with zero attached hydrogens (tertiary/aromatic N) is 3. The SMILES string of the molecule is Cc1c(CCN2CCn3c(-c4ccc5c(c4)C[C@H](C)OC5=O)cnc3C2)ccc2c1COC2=O. The summed E-state index contributed by atoms with van der Waals surface area (Å²) in [4.78, 5) is 31.1. The lowest BCUT2D eigenvalue weighted by molar-refractivity contribution is 0.0301. The molecular formula is C27H27N3O4. The van der Waals surface area contributed by atoms with Gasteiger partial charge >= 0.3 is 11.9 Å². The van der Waals surface area contributed by atoms with Crippen LogP contribution in [0.5, 0.6) is 0 Å². The van der Waals surface area contributed by atoms with Crippen molar-refractivity contribution in [3.8, 4) is 11.3 Å². The van der Waals surface area contributed by atoms with E-state index in [-0.39, 0.29) is 18.0 Å². The van der Waals surface area contributed by atoms with Crippen LogP contribution in [0, 0.1) is 6.92 Å². The van der Waals surface area contributed by atoms with Crippen molar-refractivity contribution in [3.05, 3.63) is 75.7 Å². The Bertz CT molecular complexity index is 1330. The van der Waals surface area contributed by atoms with Crippen LogP contribution in [0.15, 0.2) is 36.5 Å². The molecule has 1 atom stereocenters. The average molecular weight is 458 g/mol. The first-order chi connectivity index (χ1) is 16.5. The predicted octanol–water partition coefficient (Wildman–Crippen LogP) is 3.69. The molecule has 0 amide bonds. The molecule has 3 aliphatic heterocycles. The number of carbonyl (C=O) groups is 2. The van der Waals surface area contributed by atoms with Crippen LogP contribution in [0.1, 0.15) is 55.7 Å². The zero-order chi connectivity index (χ0) is 23.4. The van der Waals surface area contributed by atoms with Crippen LogP contribution in [0.25, 0.3) is 11.3 Å². The molecule has 0 unspecified atom stereocenters. The molecule has 0 saturated carbocycles. The number of aromatic nitrogens is 2. The molecular weight excluding hydrogens is 430 g/mol. The van der Waals surface area contributed by atoms with E-state index in [9.17, 15) is 9.59 Å². The third kappa shape index (κ3) is 3.51. The van der Waals surface area contributed by atoms with E-state index in [1.807, 2.05) is 31.3 Å². The third-order valence-electron chi connectivity index (χ3n) is 7.36. The van der Waals surface area contributed by atoms with Gasteiger partial charge in [-0.2, -0.15) is 0 Å². The molecule has 7 heteroatoms. The van der Waals surface area contributed by atoms with E-state index in [4.69, 9.17) is 14.5 Å². The van der Waals surface area contributed by atoms with Gasteiger partial charge in [0, 0.05) is 37.2 Å². The summed E-state index contributed by atoms with van der Waals surface area (Å²) in [6.45, 7) is 7.99. The Hall–Kier alpha value is -3.45. The second kappa shape index (κ2) is 8.09. The summed E-state index contributed by atoms with van der Waals surface area (Å²) in [5, 5.41) is 0. The number of cyclic esters (lactones) is 2. The highest BCUT2D eigenvalue weighted by atomic mass is 16.5. The largest absolute Gasteiger partial charge is 0.459 e. The van der Waals surface area contributed by atoms with Gasteiger partial charge in [0.2, 0.25) is 0 Å². The number of imidazole rings is 1. The van der Waals surface area contributed by atoms with E-state index in [1.54, 1.807) is 0 Å². The van der Waals surface area contributed by atoms with Crippen molar-refractivity contribution < 1.29 is 19.1 Å². The lowest BCUT2D eigenvalue weighted by atomic mass is 9.96. The van der Waals surface area contributed by atoms with Gasteiger partial charge in [0.05, 0.1) is 29.6 Å². The monoisotopic (exact) mass is 457 g/mol. The Morgan fingerprint density at radius 2 is 1.94 bits per heavy atom. The van der Waals surface area contributed by atoms with Gasteiger partial charge in [0.1, 0.15) is 18.5 Å². The van der Waals surface area contributed by atoms with Crippen LogP contribution in [0.2, 0.25) is 0 Å². The zero-order valence-electron chi connectivity index (χ0n) is 19.5. The van der Waals surface area contributed by atoms with Crippen molar-refractivity contribution in [1.82, 2.24) is 14.5 Å². The van der Waals surface area contributed by atoms with Crippen LogP contribution < -0.4 is 0 Å². The molecule has 0 N–H and O–H groups in total. The first kappa shape index (κ1) is 21.1. The Balaban J connectivity index is 1.17. The van der Waals surface area contributed by atoms with Gasteiger partial charge in [0.15, 0.2) is 0 Å². The number of ether oxygens (including phenoxy) is 2. The molecule has 34 heavy (non-hydrogen) atoms. The fourth-order valence-electron chi connectivity index (χ4n) is 5.40. The Morgan fingerprint density at radius 1 is 1.09 bits per heavy atom. The van der Waals surface area contributed by atoms with Crippen LogP contribution in [-0.2, 0) is 42.0 Å². The minimum Gasteiger partial charge on any atom is -0.459 e. The number of esters is 2. The maximum absolute atomic E-state index is 12.2. The van der Waals surface area contributed by atoms with E-state index < -0.39 is 0 Å².